The van der Waals surface area contributed by atoms with Crippen LogP contribution in [0, 0.1) is 6.92 Å². The molecular formula is C9H8BrO2+. The summed E-state index contributed by atoms with van der Waals surface area (Å²) in [5.74, 6) is -0.336. The Labute approximate surface area is 79.7 Å². The first-order chi connectivity index (χ1) is 5.74. The topological polar surface area (TPSA) is 26.3 Å². The Morgan fingerprint density at radius 2 is 2.00 bits per heavy atom. The van der Waals surface area contributed by atoms with Gasteiger partial charge in [0, 0.05) is 4.47 Å². The fraction of sp³-hybridized carbons (Fsp3) is 0.111. The molecule has 62 valence electrons. The summed E-state index contributed by atoms with van der Waals surface area (Å²) in [5, 5.41) is 0. The molecule has 2 nitrogen and oxygen atoms in total. The summed E-state index contributed by atoms with van der Waals surface area (Å²) >= 11 is 3.27. The predicted molar refractivity (Wildman–Crippen MR) is 49.8 cm³/mol. The van der Waals surface area contributed by atoms with Crippen LogP contribution >= 0.6 is 15.9 Å². The third-order valence-electron chi connectivity index (χ3n) is 1.31. The Morgan fingerprint density at radius 3 is 2.50 bits per heavy atom. The molecule has 0 N–H and O–H groups in total. The molecular weight excluding hydrogens is 220 g/mol. The van der Waals surface area contributed by atoms with Gasteiger partial charge >= 0.3 is 5.97 Å². The zero-order valence-corrected chi connectivity index (χ0v) is 8.00. The number of hydrogen-bond acceptors (Lipinski definition) is 2. The molecule has 0 saturated carbocycles. The van der Waals surface area contributed by atoms with Crippen molar-refractivity contribution in [3.63, 3.8) is 0 Å². The van der Waals surface area contributed by atoms with E-state index >= 15 is 0 Å². The van der Waals surface area contributed by atoms with Crippen LogP contribution in [0.5, 0.6) is 0 Å². The van der Waals surface area contributed by atoms with E-state index in [0.717, 1.165) is 4.47 Å². The Morgan fingerprint density at radius 1 is 1.42 bits per heavy atom. The minimum absolute atomic E-state index is 0.162. The van der Waals surface area contributed by atoms with Crippen molar-refractivity contribution in [3.05, 3.63) is 41.2 Å². The van der Waals surface area contributed by atoms with Gasteiger partial charge in [0.25, 0.3) is 0 Å². The van der Waals surface area contributed by atoms with Gasteiger partial charge in [-0.2, -0.15) is 0 Å². The van der Waals surface area contributed by atoms with E-state index in [1.54, 1.807) is 24.3 Å². The van der Waals surface area contributed by atoms with Crippen molar-refractivity contribution in [1.29, 1.82) is 0 Å². The van der Waals surface area contributed by atoms with Gasteiger partial charge in [-0.1, -0.05) is 15.9 Å². The second-order valence-corrected chi connectivity index (χ2v) is 3.06. The van der Waals surface area contributed by atoms with Gasteiger partial charge in [0.1, 0.15) is 6.92 Å². The lowest BCUT2D eigenvalue weighted by Crippen LogP contribution is -2.03. The summed E-state index contributed by atoms with van der Waals surface area (Å²) < 4.78 is 5.64. The van der Waals surface area contributed by atoms with Crippen LogP contribution in [0.15, 0.2) is 28.7 Å². The summed E-state index contributed by atoms with van der Waals surface area (Å²) in [7, 11) is 0. The highest BCUT2D eigenvalue weighted by atomic mass is 79.9. The molecule has 0 spiro atoms. The van der Waals surface area contributed by atoms with E-state index in [4.69, 9.17) is 4.74 Å². The Bertz CT molecular complexity index is 266. The average molecular weight is 228 g/mol. The van der Waals surface area contributed by atoms with Crippen LogP contribution in [0.2, 0.25) is 0 Å². The van der Waals surface area contributed by atoms with Crippen LogP contribution in [-0.4, -0.2) is 12.6 Å². The molecule has 0 aliphatic carbocycles. The maximum atomic E-state index is 11.1. The zero-order valence-electron chi connectivity index (χ0n) is 6.42. The van der Waals surface area contributed by atoms with Crippen LogP contribution in [0.25, 0.3) is 0 Å². The standard InChI is InChI=1S/C9H8BrO2/c1-2-12-9(11)7-3-5-8(10)6-4-7/h3-6H,1-2H2/q+1. The second-order valence-electron chi connectivity index (χ2n) is 2.14. The van der Waals surface area contributed by atoms with Crippen LogP contribution in [0.1, 0.15) is 10.4 Å². The van der Waals surface area contributed by atoms with Gasteiger partial charge in [-0.15, -0.1) is 0 Å². The highest BCUT2D eigenvalue weighted by molar-refractivity contribution is 9.10. The molecule has 0 aromatic heterocycles. The molecule has 12 heavy (non-hydrogen) atoms. The first-order valence-electron chi connectivity index (χ1n) is 3.46. The fourth-order valence-corrected chi connectivity index (χ4v) is 1.03. The van der Waals surface area contributed by atoms with E-state index in [2.05, 4.69) is 22.9 Å². The summed E-state index contributed by atoms with van der Waals surface area (Å²) in [6.45, 7) is 3.58. The van der Waals surface area contributed by atoms with Gasteiger partial charge in [-0.3, -0.25) is 0 Å². The highest BCUT2D eigenvalue weighted by Crippen LogP contribution is 2.10. The molecule has 0 unspecified atom stereocenters. The summed E-state index contributed by atoms with van der Waals surface area (Å²) in [6, 6.07) is 6.98. The third-order valence-corrected chi connectivity index (χ3v) is 1.84. The van der Waals surface area contributed by atoms with Crippen molar-refractivity contribution in [2.24, 2.45) is 0 Å². The van der Waals surface area contributed by atoms with E-state index in [1.165, 1.54) is 0 Å². The number of benzene rings is 1. The van der Waals surface area contributed by atoms with Gasteiger partial charge in [-0.05, 0) is 24.3 Å². The van der Waals surface area contributed by atoms with Crippen molar-refractivity contribution in [3.8, 4) is 0 Å². The average Bonchev–Trinajstić information content (AvgIpc) is 2.06. The van der Waals surface area contributed by atoms with Crippen LogP contribution < -0.4 is 0 Å². The molecule has 0 amide bonds. The van der Waals surface area contributed by atoms with E-state index < -0.39 is 0 Å². The van der Waals surface area contributed by atoms with Crippen LogP contribution in [0.4, 0.5) is 0 Å². The molecule has 0 heterocycles. The highest BCUT2D eigenvalue weighted by Gasteiger charge is 2.05. The molecule has 1 rings (SSSR count). The predicted octanol–water partition coefficient (Wildman–Crippen LogP) is 2.44. The molecule has 0 aliphatic rings. The number of carbonyl (C=O) groups excluding carboxylic acids is 1. The number of esters is 1. The summed E-state index contributed by atoms with van der Waals surface area (Å²) in [4.78, 5) is 11.1. The molecule has 0 bridgehead atoms. The molecule has 1 aromatic rings. The SMILES string of the molecule is [CH2+]COC(=O)c1ccc(Br)cc1. The maximum absolute atomic E-state index is 11.1. The van der Waals surface area contributed by atoms with Crippen molar-refractivity contribution >= 4 is 21.9 Å². The lowest BCUT2D eigenvalue weighted by molar-refractivity contribution is 0.0547. The number of rotatable bonds is 2. The fourth-order valence-electron chi connectivity index (χ4n) is 0.762. The molecule has 3 heteroatoms. The van der Waals surface area contributed by atoms with Gasteiger partial charge in [0.2, 0.25) is 6.61 Å². The van der Waals surface area contributed by atoms with Crippen LogP contribution in [0.3, 0.4) is 0 Å². The first kappa shape index (κ1) is 9.13. The number of halogens is 1. The zero-order chi connectivity index (χ0) is 8.97. The third kappa shape index (κ3) is 2.27. The smallest absolute Gasteiger partial charge is 0.341 e. The van der Waals surface area contributed by atoms with Crippen molar-refractivity contribution < 1.29 is 9.53 Å². The molecule has 1 aromatic carbocycles. The maximum Gasteiger partial charge on any atom is 0.341 e. The lowest BCUT2D eigenvalue weighted by atomic mass is 10.2. The van der Waals surface area contributed by atoms with Gasteiger partial charge < -0.3 is 4.74 Å². The van der Waals surface area contributed by atoms with Gasteiger partial charge in [0.05, 0.1) is 5.56 Å². The Balaban J connectivity index is 2.75. The minimum Gasteiger partial charge on any atom is -0.420 e. The molecule has 0 aliphatic heterocycles. The Kier molecular flexibility index (Phi) is 3.17. The monoisotopic (exact) mass is 227 g/mol. The van der Waals surface area contributed by atoms with Gasteiger partial charge in [0.15, 0.2) is 0 Å². The molecule has 0 saturated heterocycles. The molecule has 0 radical (unpaired) electrons. The number of hydrogen-bond donors (Lipinski definition) is 0. The van der Waals surface area contributed by atoms with Crippen molar-refractivity contribution in [2.75, 3.05) is 6.61 Å². The largest absolute Gasteiger partial charge is 0.420 e. The number of carbonyl (C=O) groups is 1. The van der Waals surface area contributed by atoms with Crippen molar-refractivity contribution in [1.82, 2.24) is 0 Å². The van der Waals surface area contributed by atoms with E-state index in [9.17, 15) is 4.79 Å². The quantitative estimate of drug-likeness (QED) is 0.574. The Hall–Kier alpha value is -0.960. The van der Waals surface area contributed by atoms with Gasteiger partial charge in [-0.25, -0.2) is 4.79 Å². The number of ether oxygens (including phenoxy) is 1. The summed E-state index contributed by atoms with van der Waals surface area (Å²) in [5.41, 5.74) is 0.543. The van der Waals surface area contributed by atoms with E-state index in [-0.39, 0.29) is 12.6 Å². The summed E-state index contributed by atoms with van der Waals surface area (Å²) in [6.07, 6.45) is 0. The normalized spacial score (nSPS) is 9.42. The molecule has 0 atom stereocenters. The van der Waals surface area contributed by atoms with Crippen molar-refractivity contribution in [2.45, 2.75) is 0 Å². The second kappa shape index (κ2) is 4.16. The minimum atomic E-state index is -0.336. The molecule has 0 fully saturated rings. The van der Waals surface area contributed by atoms with E-state index in [0.29, 0.717) is 5.56 Å². The van der Waals surface area contributed by atoms with Crippen LogP contribution in [-0.2, 0) is 4.74 Å². The van der Waals surface area contributed by atoms with E-state index in [1.807, 2.05) is 0 Å². The lowest BCUT2D eigenvalue weighted by Gasteiger charge is -1.98. The first-order valence-corrected chi connectivity index (χ1v) is 4.25.